The first-order valence-corrected chi connectivity index (χ1v) is 13.1. The Morgan fingerprint density at radius 1 is 1.11 bits per heavy atom. The van der Waals surface area contributed by atoms with Crippen LogP contribution in [-0.2, 0) is 14.8 Å². The van der Waals surface area contributed by atoms with Crippen molar-refractivity contribution in [1.29, 1.82) is 0 Å². The number of carbonyl (C=O) groups excluding carboxylic acids is 1. The zero-order chi connectivity index (χ0) is 27.2. The molecule has 192 valence electrons. The number of fused-ring (bicyclic) bond motifs is 1. The highest BCUT2D eigenvalue weighted by molar-refractivity contribution is 7.90. The normalized spacial score (nSPS) is 17.4. The molecule has 1 aliphatic heterocycles. The van der Waals surface area contributed by atoms with Crippen molar-refractivity contribution in [3.63, 3.8) is 0 Å². The van der Waals surface area contributed by atoms with E-state index < -0.39 is 33.2 Å². The summed E-state index contributed by atoms with van der Waals surface area (Å²) in [6.45, 7) is 2.25. The second-order valence-corrected chi connectivity index (χ2v) is 11.0. The van der Waals surface area contributed by atoms with Gasteiger partial charge >= 0.3 is 5.97 Å². The zero-order valence-corrected chi connectivity index (χ0v) is 21.4. The number of aromatic carboxylic acids is 1. The number of aromatic nitrogens is 2. The fraction of sp³-hybridized carbons (Fsp3) is 0.179. The van der Waals surface area contributed by atoms with Gasteiger partial charge in [-0.25, -0.2) is 22.2 Å². The summed E-state index contributed by atoms with van der Waals surface area (Å²) in [6, 6.07) is 16.2. The monoisotopic (exact) mass is 529 g/mol. The van der Waals surface area contributed by atoms with E-state index in [-0.39, 0.29) is 16.8 Å². The van der Waals surface area contributed by atoms with E-state index in [1.807, 2.05) is 6.92 Å². The van der Waals surface area contributed by atoms with Crippen LogP contribution in [0.15, 0.2) is 71.8 Å². The third-order valence-electron chi connectivity index (χ3n) is 6.49. The number of nitrogens with zero attached hydrogens (tertiary/aromatic N) is 3. The number of likely N-dealkylation sites (tertiary alicyclic amines) is 1. The molecule has 1 aliphatic rings. The number of hydrogen-bond acceptors (Lipinski definition) is 6. The minimum absolute atomic E-state index is 0.0286. The summed E-state index contributed by atoms with van der Waals surface area (Å²) in [5, 5.41) is 20.9. The number of rotatable bonds is 4. The molecule has 0 radical (unpaired) electrons. The summed E-state index contributed by atoms with van der Waals surface area (Å²) in [7, 11) is -2.47. The molecule has 2 aromatic heterocycles. The maximum Gasteiger partial charge on any atom is 0.356 e. The van der Waals surface area contributed by atoms with Crippen molar-refractivity contribution in [2.45, 2.75) is 23.8 Å². The van der Waals surface area contributed by atoms with Crippen molar-refractivity contribution >= 4 is 32.8 Å². The van der Waals surface area contributed by atoms with Gasteiger partial charge in [0.25, 0.3) is 15.9 Å². The van der Waals surface area contributed by atoms with E-state index in [1.54, 1.807) is 49.5 Å². The Hall–Kier alpha value is -4.46. The summed E-state index contributed by atoms with van der Waals surface area (Å²) in [4.78, 5) is 30.2. The van der Waals surface area contributed by atoms with Crippen molar-refractivity contribution in [3.05, 3.63) is 83.7 Å². The number of aliphatic hydroxyl groups is 1. The van der Waals surface area contributed by atoms with Crippen LogP contribution in [0, 0.1) is 18.8 Å². The maximum absolute atomic E-state index is 13.3. The van der Waals surface area contributed by atoms with Gasteiger partial charge in [0.1, 0.15) is 0 Å². The van der Waals surface area contributed by atoms with Gasteiger partial charge in [-0.05, 0) is 43.3 Å². The molecular weight excluding hydrogens is 506 g/mol. The van der Waals surface area contributed by atoms with Gasteiger partial charge in [-0.2, -0.15) is 0 Å². The molecule has 1 saturated heterocycles. The van der Waals surface area contributed by atoms with Crippen LogP contribution in [0.2, 0.25) is 0 Å². The van der Waals surface area contributed by atoms with Crippen LogP contribution in [0.3, 0.4) is 0 Å². The lowest BCUT2D eigenvalue weighted by molar-refractivity contribution is -0.137. The van der Waals surface area contributed by atoms with Crippen molar-refractivity contribution in [3.8, 4) is 23.1 Å². The molecule has 0 aliphatic carbocycles. The lowest BCUT2D eigenvalue weighted by Crippen LogP contribution is -2.37. The Morgan fingerprint density at radius 3 is 2.50 bits per heavy atom. The average Bonchev–Trinajstić information content (AvgIpc) is 3.45. The fourth-order valence-corrected chi connectivity index (χ4v) is 5.72. The number of aryl methyl sites for hydroxylation is 1. The summed E-state index contributed by atoms with van der Waals surface area (Å²) < 4.78 is 27.6. The van der Waals surface area contributed by atoms with Crippen molar-refractivity contribution in [2.24, 2.45) is 0 Å². The second kappa shape index (κ2) is 9.13. The van der Waals surface area contributed by atoms with Gasteiger partial charge in [0.2, 0.25) is 5.60 Å². The van der Waals surface area contributed by atoms with Crippen LogP contribution in [-0.4, -0.2) is 63.6 Å². The highest BCUT2D eigenvalue weighted by Gasteiger charge is 2.42. The van der Waals surface area contributed by atoms with Gasteiger partial charge in [0.05, 0.1) is 16.1 Å². The smallest absolute Gasteiger partial charge is 0.356 e. The number of likely N-dealkylation sites (N-methyl/N-ethyl adjacent to an activating group) is 1. The van der Waals surface area contributed by atoms with E-state index in [2.05, 4.69) is 16.8 Å². The van der Waals surface area contributed by atoms with Gasteiger partial charge in [0, 0.05) is 42.7 Å². The average molecular weight is 530 g/mol. The molecule has 10 heteroatoms. The van der Waals surface area contributed by atoms with E-state index >= 15 is 0 Å². The number of carboxylic acids is 1. The zero-order valence-electron chi connectivity index (χ0n) is 20.5. The van der Waals surface area contributed by atoms with Crippen LogP contribution < -0.4 is 0 Å². The van der Waals surface area contributed by atoms with Crippen LogP contribution in [0.4, 0.5) is 0 Å². The molecular formula is C28H23N3O6S. The number of carbonyl (C=O) groups is 2. The number of pyridine rings is 1. The Morgan fingerprint density at radius 2 is 1.84 bits per heavy atom. The van der Waals surface area contributed by atoms with Crippen molar-refractivity contribution in [2.75, 3.05) is 13.6 Å². The summed E-state index contributed by atoms with van der Waals surface area (Å²) >= 11 is 0. The lowest BCUT2D eigenvalue weighted by Gasteiger charge is -2.13. The Balaban J connectivity index is 1.58. The molecule has 0 saturated carbocycles. The van der Waals surface area contributed by atoms with Crippen LogP contribution in [0.5, 0.6) is 0 Å². The topological polar surface area (TPSA) is 130 Å². The first-order valence-electron chi connectivity index (χ1n) is 11.7. The van der Waals surface area contributed by atoms with Gasteiger partial charge in [-0.15, -0.1) is 0 Å². The van der Waals surface area contributed by atoms with E-state index in [1.165, 1.54) is 29.3 Å². The standard InChI is InChI=1S/C28H23N3O6S/c1-18-6-8-22(9-7-18)38(36,37)31-14-11-21-17-23(29-24(25(21)31)26(32)33)20-5-3-4-19(16-20)10-12-28(35)13-15-30(2)27(28)34/h3-9,11,14,16-17,35H,13,15H2,1-2H3,(H,32,33)/t28-/m0/s1. The van der Waals surface area contributed by atoms with E-state index in [0.717, 1.165) is 9.54 Å². The highest BCUT2D eigenvalue weighted by atomic mass is 32.2. The number of hydrogen-bond donors (Lipinski definition) is 2. The Bertz CT molecular complexity index is 1780. The van der Waals surface area contributed by atoms with Crippen LogP contribution in [0.1, 0.15) is 28.0 Å². The second-order valence-electron chi connectivity index (χ2n) is 9.20. The minimum Gasteiger partial charge on any atom is -0.476 e. The molecule has 4 aromatic rings. The molecule has 3 heterocycles. The highest BCUT2D eigenvalue weighted by Crippen LogP contribution is 2.29. The number of carboxylic acid groups (broad SMARTS) is 1. The van der Waals surface area contributed by atoms with Gasteiger partial charge in [0.15, 0.2) is 5.69 Å². The predicted octanol–water partition coefficient (Wildman–Crippen LogP) is 2.89. The van der Waals surface area contributed by atoms with Crippen LogP contribution >= 0.6 is 0 Å². The van der Waals surface area contributed by atoms with Gasteiger partial charge in [-0.3, -0.25) is 4.79 Å². The van der Waals surface area contributed by atoms with E-state index in [4.69, 9.17) is 0 Å². The fourth-order valence-electron chi connectivity index (χ4n) is 4.36. The first-order chi connectivity index (χ1) is 18.0. The molecule has 0 unspecified atom stereocenters. The molecule has 1 atom stereocenters. The number of amides is 1. The molecule has 5 rings (SSSR count). The molecule has 1 fully saturated rings. The lowest BCUT2D eigenvalue weighted by atomic mass is 10.0. The maximum atomic E-state index is 13.3. The largest absolute Gasteiger partial charge is 0.476 e. The SMILES string of the molecule is Cc1ccc(S(=O)(=O)n2ccc3cc(-c4cccc(C#C[C@]5(O)CCN(C)C5=O)c4)nc(C(=O)O)c32)cc1. The third-order valence-corrected chi connectivity index (χ3v) is 8.18. The summed E-state index contributed by atoms with van der Waals surface area (Å²) in [6.07, 6.45) is 1.52. The van der Waals surface area contributed by atoms with E-state index in [0.29, 0.717) is 28.8 Å². The summed E-state index contributed by atoms with van der Waals surface area (Å²) in [5.74, 6) is 3.66. The molecule has 1 amide bonds. The number of benzene rings is 2. The molecule has 9 nitrogen and oxygen atoms in total. The first kappa shape index (κ1) is 25.2. The third kappa shape index (κ3) is 4.32. The summed E-state index contributed by atoms with van der Waals surface area (Å²) in [5.41, 5.74) is 0.0345. The Labute approximate surface area is 219 Å². The molecule has 0 bridgehead atoms. The minimum atomic E-state index is -4.07. The molecule has 38 heavy (non-hydrogen) atoms. The van der Waals surface area contributed by atoms with E-state index in [9.17, 15) is 28.2 Å². The van der Waals surface area contributed by atoms with Gasteiger partial charge in [-0.1, -0.05) is 41.7 Å². The molecule has 2 N–H and O–H groups in total. The molecule has 2 aromatic carbocycles. The quantitative estimate of drug-likeness (QED) is 0.389. The van der Waals surface area contributed by atoms with Crippen molar-refractivity contribution < 1.29 is 28.2 Å². The predicted molar refractivity (Wildman–Crippen MR) is 140 cm³/mol. The Kier molecular flexibility index (Phi) is 6.06. The van der Waals surface area contributed by atoms with Crippen molar-refractivity contribution in [1.82, 2.24) is 13.9 Å². The van der Waals surface area contributed by atoms with Crippen LogP contribution in [0.25, 0.3) is 22.2 Å². The van der Waals surface area contributed by atoms with Gasteiger partial charge < -0.3 is 15.1 Å². The molecule has 0 spiro atoms.